The van der Waals surface area contributed by atoms with Crippen molar-refractivity contribution in [3.05, 3.63) is 71.8 Å². The molecule has 2 rings (SSSR count). The zero-order chi connectivity index (χ0) is 16.6. The first-order valence-electron chi connectivity index (χ1n) is 8.84. The summed E-state index contributed by atoms with van der Waals surface area (Å²) >= 11 is 0. The molecule has 0 spiro atoms. The van der Waals surface area contributed by atoms with Gasteiger partial charge in [0.2, 0.25) is 0 Å². The second kappa shape index (κ2) is 14.4. The van der Waals surface area contributed by atoms with Gasteiger partial charge < -0.3 is 0 Å². The maximum absolute atomic E-state index is 2.25. The summed E-state index contributed by atoms with van der Waals surface area (Å²) in [7, 11) is 0. The summed E-state index contributed by atoms with van der Waals surface area (Å²) in [5, 5.41) is 0. The maximum atomic E-state index is 2.25. The van der Waals surface area contributed by atoms with Gasteiger partial charge in [0.1, 0.15) is 0 Å². The molecule has 2 aromatic rings. The number of hydrogen-bond donors (Lipinski definition) is 0. The molecule has 22 heavy (non-hydrogen) atoms. The highest BCUT2D eigenvalue weighted by molar-refractivity contribution is 5.32. The zero-order valence-electron chi connectivity index (χ0n) is 15.2. The lowest BCUT2D eigenvalue weighted by Crippen LogP contribution is -2.00. The van der Waals surface area contributed by atoms with Gasteiger partial charge in [-0.1, -0.05) is 115 Å². The normalized spacial score (nSPS) is 9.36. The number of hydrogen-bond acceptors (Lipinski definition) is 0. The Kier molecular flexibility index (Phi) is 13.4. The molecule has 2 aromatic carbocycles. The lowest BCUT2D eigenvalue weighted by molar-refractivity contribution is 0.698. The van der Waals surface area contributed by atoms with Crippen LogP contribution in [0.5, 0.6) is 0 Å². The van der Waals surface area contributed by atoms with Crippen molar-refractivity contribution in [3.8, 4) is 0 Å². The van der Waals surface area contributed by atoms with E-state index in [2.05, 4.69) is 95.3 Å². The lowest BCUT2D eigenvalue weighted by atomic mass is 9.88. The molecule has 0 bridgehead atoms. The summed E-state index contributed by atoms with van der Waals surface area (Å²) in [5.74, 6) is 0.549. The molecular formula is C22H34. The predicted molar refractivity (Wildman–Crippen MR) is 102 cm³/mol. The van der Waals surface area contributed by atoms with E-state index in [0.717, 1.165) is 0 Å². The van der Waals surface area contributed by atoms with Crippen LogP contribution >= 0.6 is 0 Å². The molecule has 0 aromatic heterocycles. The van der Waals surface area contributed by atoms with Gasteiger partial charge in [-0.2, -0.15) is 0 Å². The van der Waals surface area contributed by atoms with Crippen LogP contribution in [0.4, 0.5) is 0 Å². The number of rotatable bonds is 4. The highest BCUT2D eigenvalue weighted by Crippen LogP contribution is 2.28. The largest absolute Gasteiger partial charge is 0.0656 e. The average Bonchev–Trinajstić information content (AvgIpc) is 2.56. The third kappa shape index (κ3) is 8.67. The van der Waals surface area contributed by atoms with E-state index in [1.54, 1.807) is 0 Å². The van der Waals surface area contributed by atoms with Crippen molar-refractivity contribution in [2.75, 3.05) is 0 Å². The molecule has 0 fully saturated rings. The van der Waals surface area contributed by atoms with Crippen LogP contribution in [0, 0.1) is 0 Å². The van der Waals surface area contributed by atoms with Crippen LogP contribution in [0.2, 0.25) is 0 Å². The lowest BCUT2D eigenvalue weighted by Gasteiger charge is -2.17. The van der Waals surface area contributed by atoms with E-state index < -0.39 is 0 Å². The molecule has 0 unspecified atom stereocenters. The second-order valence-electron chi connectivity index (χ2n) is 5.58. The molecular weight excluding hydrogens is 264 g/mol. The minimum atomic E-state index is 0.549. The third-order valence-corrected chi connectivity index (χ3v) is 2.98. The molecule has 0 aliphatic carbocycles. The predicted octanol–water partition coefficient (Wildman–Crippen LogP) is 7.45. The van der Waals surface area contributed by atoms with Gasteiger partial charge in [0.05, 0.1) is 0 Å². The highest BCUT2D eigenvalue weighted by Gasteiger charge is 2.11. The molecule has 0 nitrogen and oxygen atoms in total. The van der Waals surface area contributed by atoms with Crippen LogP contribution in [0.3, 0.4) is 0 Å². The Labute approximate surface area is 138 Å². The van der Waals surface area contributed by atoms with Gasteiger partial charge in [0.15, 0.2) is 0 Å². The van der Waals surface area contributed by atoms with Gasteiger partial charge in [-0.05, 0) is 17.5 Å². The fraction of sp³-hybridized carbons (Fsp3) is 0.455. The van der Waals surface area contributed by atoms with E-state index in [1.807, 2.05) is 0 Å². The Hall–Kier alpha value is -1.56. The van der Waals surface area contributed by atoms with Crippen LogP contribution in [0.1, 0.15) is 77.3 Å². The summed E-state index contributed by atoms with van der Waals surface area (Å²) in [6, 6.07) is 21.6. The smallest absolute Gasteiger partial charge is 0.00892 e. The molecule has 0 N–H and O–H groups in total. The van der Waals surface area contributed by atoms with Gasteiger partial charge in [-0.15, -0.1) is 0 Å². The summed E-state index contributed by atoms with van der Waals surface area (Å²) in [4.78, 5) is 0. The van der Waals surface area contributed by atoms with E-state index >= 15 is 0 Å². The third-order valence-electron chi connectivity index (χ3n) is 2.98. The zero-order valence-corrected chi connectivity index (χ0v) is 15.2. The van der Waals surface area contributed by atoms with E-state index in [9.17, 15) is 0 Å². The first-order chi connectivity index (χ1) is 10.7. The van der Waals surface area contributed by atoms with E-state index in [0.29, 0.717) is 5.92 Å². The topological polar surface area (TPSA) is 0 Å². The Balaban J connectivity index is 0.000000639. The molecule has 0 amide bonds. The monoisotopic (exact) mass is 298 g/mol. The van der Waals surface area contributed by atoms with Gasteiger partial charge in [0.25, 0.3) is 0 Å². The second-order valence-corrected chi connectivity index (χ2v) is 5.58. The first-order valence-corrected chi connectivity index (χ1v) is 8.84. The maximum Gasteiger partial charge on any atom is 0.00892 e. The Bertz CT molecular complexity index is 389. The van der Waals surface area contributed by atoms with Crippen LogP contribution in [0.15, 0.2) is 60.7 Å². The summed E-state index contributed by atoms with van der Waals surface area (Å²) in [6.07, 6.45) is 4.93. The van der Waals surface area contributed by atoms with Crippen LogP contribution in [-0.4, -0.2) is 0 Å². The highest BCUT2D eigenvalue weighted by atomic mass is 14.2. The van der Waals surface area contributed by atoms with Crippen molar-refractivity contribution in [1.29, 1.82) is 0 Å². The van der Waals surface area contributed by atoms with Crippen molar-refractivity contribution in [2.24, 2.45) is 0 Å². The van der Waals surface area contributed by atoms with E-state index in [4.69, 9.17) is 0 Å². The molecule has 0 atom stereocenters. The van der Waals surface area contributed by atoms with Crippen molar-refractivity contribution < 1.29 is 0 Å². The quantitative estimate of drug-likeness (QED) is 0.549. The Morgan fingerprint density at radius 2 is 0.909 bits per heavy atom. The summed E-state index contributed by atoms with van der Waals surface area (Å²) < 4.78 is 0. The van der Waals surface area contributed by atoms with E-state index in [-0.39, 0.29) is 0 Å². The van der Waals surface area contributed by atoms with Crippen LogP contribution in [0.25, 0.3) is 0 Å². The van der Waals surface area contributed by atoms with Gasteiger partial charge in [-0.3, -0.25) is 0 Å². The van der Waals surface area contributed by atoms with Gasteiger partial charge >= 0.3 is 0 Å². The van der Waals surface area contributed by atoms with Crippen LogP contribution in [-0.2, 0) is 0 Å². The van der Waals surface area contributed by atoms with E-state index in [1.165, 1.54) is 36.8 Å². The summed E-state index contributed by atoms with van der Waals surface area (Å²) in [5.41, 5.74) is 2.85. The molecule has 0 heteroatoms. The first kappa shape index (κ1) is 20.4. The Morgan fingerprint density at radius 1 is 0.591 bits per heavy atom. The van der Waals surface area contributed by atoms with Crippen molar-refractivity contribution >= 4 is 0 Å². The molecule has 0 aliphatic rings. The molecule has 122 valence electrons. The fourth-order valence-electron chi connectivity index (χ4n) is 2.19. The van der Waals surface area contributed by atoms with Crippen molar-refractivity contribution in [2.45, 2.75) is 66.2 Å². The fourth-order valence-corrected chi connectivity index (χ4v) is 2.19. The van der Waals surface area contributed by atoms with Gasteiger partial charge in [-0.25, -0.2) is 0 Å². The molecule has 0 heterocycles. The Morgan fingerprint density at radius 3 is 1.18 bits per heavy atom. The molecule has 0 saturated carbocycles. The van der Waals surface area contributed by atoms with Crippen molar-refractivity contribution in [3.63, 3.8) is 0 Å². The molecule has 0 saturated heterocycles. The van der Waals surface area contributed by atoms with Crippen LogP contribution < -0.4 is 0 Å². The minimum absolute atomic E-state index is 0.549. The molecule has 0 radical (unpaired) electrons. The van der Waals surface area contributed by atoms with Crippen molar-refractivity contribution in [1.82, 2.24) is 0 Å². The molecule has 0 aliphatic heterocycles. The van der Waals surface area contributed by atoms with Gasteiger partial charge in [0, 0.05) is 5.92 Å². The minimum Gasteiger partial charge on any atom is -0.0656 e. The number of benzene rings is 2. The standard InChI is InChI=1S/C16H18.2C3H8/c1-2-9-16(14-10-5-3-6-11-14)15-12-7-4-8-13-15;2*1-3-2/h3-8,10-13,16H,2,9H2,1H3;2*3H2,1-2H3. The SMILES string of the molecule is CCC.CCC.CCCC(c1ccccc1)c1ccccc1. The average molecular weight is 299 g/mol. The summed E-state index contributed by atoms with van der Waals surface area (Å²) in [6.45, 7) is 10.7.